The van der Waals surface area contributed by atoms with Crippen molar-refractivity contribution >= 4 is 13.7 Å². The number of aliphatic hydroxyl groups excluding tert-OH is 1. The minimum Gasteiger partial charge on any atom is -0.462 e. The van der Waals surface area contributed by atoms with Gasteiger partial charge < -0.3 is 19.1 Å². The maximum atomic E-state index is 13.6. The summed E-state index contributed by atoms with van der Waals surface area (Å²) in [6.07, 6.45) is -3.24. The minimum atomic E-state index is -4.21. The highest BCUT2D eigenvalue weighted by atomic mass is 31.2. The van der Waals surface area contributed by atoms with E-state index in [1.54, 1.807) is 32.0 Å². The zero-order chi connectivity index (χ0) is 25.8. The van der Waals surface area contributed by atoms with E-state index in [0.29, 0.717) is 6.20 Å². The molecule has 0 saturated carbocycles. The predicted molar refractivity (Wildman–Crippen MR) is 120 cm³/mol. The predicted octanol–water partition coefficient (Wildman–Crippen LogP) is 1.46. The molecule has 1 saturated heterocycles. The van der Waals surface area contributed by atoms with Crippen molar-refractivity contribution < 1.29 is 37.4 Å². The van der Waals surface area contributed by atoms with E-state index in [4.69, 9.17) is 18.5 Å². The number of benzene rings is 1. The number of carbonyl (C=O) groups is 1. The van der Waals surface area contributed by atoms with E-state index in [1.165, 1.54) is 19.1 Å². The molecule has 5 atom stereocenters. The fourth-order valence-corrected chi connectivity index (χ4v) is 4.72. The van der Waals surface area contributed by atoms with Crippen LogP contribution >= 0.6 is 7.75 Å². The Morgan fingerprint density at radius 1 is 1.31 bits per heavy atom. The molecule has 2 aromatic rings. The van der Waals surface area contributed by atoms with Crippen molar-refractivity contribution in [1.82, 2.24) is 14.6 Å². The average molecular weight is 515 g/mol. The largest absolute Gasteiger partial charge is 0.462 e. The third kappa shape index (κ3) is 7.09. The molecular formula is C21H27FN3O9P. The van der Waals surface area contributed by atoms with Gasteiger partial charge in [0.15, 0.2) is 0 Å². The highest BCUT2D eigenvalue weighted by Gasteiger charge is 2.39. The third-order valence-electron chi connectivity index (χ3n) is 4.87. The Balaban J connectivity index is 1.73. The van der Waals surface area contributed by atoms with Crippen LogP contribution in [-0.4, -0.2) is 51.6 Å². The van der Waals surface area contributed by atoms with Gasteiger partial charge in [-0.1, -0.05) is 18.2 Å². The van der Waals surface area contributed by atoms with Crippen LogP contribution in [0.15, 0.2) is 46.1 Å². The van der Waals surface area contributed by atoms with Gasteiger partial charge in [-0.05, 0) is 32.9 Å². The molecular weight excluding hydrogens is 488 g/mol. The fourth-order valence-electron chi connectivity index (χ4n) is 3.22. The van der Waals surface area contributed by atoms with Crippen molar-refractivity contribution in [2.75, 3.05) is 6.61 Å². The Hall–Kier alpha value is -2.83. The summed E-state index contributed by atoms with van der Waals surface area (Å²) >= 11 is 0. The monoisotopic (exact) mass is 515 g/mol. The fraction of sp³-hybridized carbons (Fsp3) is 0.476. The molecule has 1 aromatic carbocycles. The number of nitrogens with one attached hydrogen (secondary N) is 2. The SMILES string of the molecule is CC(C)OC(=O)[C@H](C)NP(=O)(OCC1O[C@@H](n2cc(F)c(=O)[nH]c2=O)C[C@H]1O)Oc1ccccc1. The minimum absolute atomic E-state index is 0.131. The van der Waals surface area contributed by atoms with Crippen LogP contribution in [0.1, 0.15) is 33.4 Å². The van der Waals surface area contributed by atoms with Crippen molar-refractivity contribution in [2.45, 2.75) is 57.8 Å². The van der Waals surface area contributed by atoms with Crippen molar-refractivity contribution in [3.63, 3.8) is 0 Å². The van der Waals surface area contributed by atoms with Crippen LogP contribution in [0.25, 0.3) is 0 Å². The molecule has 0 bridgehead atoms. The molecule has 2 unspecified atom stereocenters. The third-order valence-corrected chi connectivity index (χ3v) is 6.52. The zero-order valence-corrected chi connectivity index (χ0v) is 20.1. The highest BCUT2D eigenvalue weighted by Crippen LogP contribution is 2.45. The number of halogens is 1. The van der Waals surface area contributed by atoms with Crippen molar-refractivity contribution in [3.05, 3.63) is 63.2 Å². The average Bonchev–Trinajstić information content (AvgIpc) is 3.15. The second kappa shape index (κ2) is 11.3. The lowest BCUT2D eigenvalue weighted by molar-refractivity contribution is -0.149. The van der Waals surface area contributed by atoms with Gasteiger partial charge in [0.2, 0.25) is 5.82 Å². The van der Waals surface area contributed by atoms with E-state index in [1.807, 2.05) is 4.98 Å². The lowest BCUT2D eigenvalue weighted by atomic mass is 10.2. The molecule has 3 N–H and O–H groups in total. The number of hydrogen-bond donors (Lipinski definition) is 3. The van der Waals surface area contributed by atoms with Crippen LogP contribution in [-0.2, 0) is 23.4 Å². The molecule has 12 nitrogen and oxygen atoms in total. The molecule has 2 heterocycles. The molecule has 3 rings (SSSR count). The van der Waals surface area contributed by atoms with E-state index in [-0.39, 0.29) is 12.2 Å². The van der Waals surface area contributed by atoms with Gasteiger partial charge in [0.1, 0.15) is 24.1 Å². The number of nitrogens with zero attached hydrogens (tertiary/aromatic N) is 1. The van der Waals surface area contributed by atoms with Crippen LogP contribution < -0.4 is 20.9 Å². The van der Waals surface area contributed by atoms with Gasteiger partial charge in [0.05, 0.1) is 25.0 Å². The van der Waals surface area contributed by atoms with E-state index >= 15 is 0 Å². The molecule has 0 amide bonds. The normalized spacial score (nSPS) is 22.5. The summed E-state index contributed by atoms with van der Waals surface area (Å²) in [4.78, 5) is 37.3. The van der Waals surface area contributed by atoms with Crippen LogP contribution in [0.4, 0.5) is 4.39 Å². The number of rotatable bonds is 10. The summed E-state index contributed by atoms with van der Waals surface area (Å²) in [5.41, 5.74) is -2.10. The lowest BCUT2D eigenvalue weighted by Crippen LogP contribution is -2.37. The smallest absolute Gasteiger partial charge is 0.459 e. The quantitative estimate of drug-likeness (QED) is 0.312. The number of aromatic amines is 1. The van der Waals surface area contributed by atoms with Gasteiger partial charge in [-0.25, -0.2) is 9.36 Å². The lowest BCUT2D eigenvalue weighted by Gasteiger charge is -2.25. The van der Waals surface area contributed by atoms with Gasteiger partial charge in [-0.3, -0.25) is 23.7 Å². The van der Waals surface area contributed by atoms with Crippen molar-refractivity contribution in [1.29, 1.82) is 0 Å². The molecule has 192 valence electrons. The van der Waals surface area contributed by atoms with Crippen molar-refractivity contribution in [3.8, 4) is 5.75 Å². The Bertz CT molecular complexity index is 1190. The Labute approximate surface area is 199 Å². The number of ether oxygens (including phenoxy) is 2. The molecule has 1 aliphatic rings. The summed E-state index contributed by atoms with van der Waals surface area (Å²) in [6, 6.07) is 7.00. The maximum Gasteiger partial charge on any atom is 0.459 e. The summed E-state index contributed by atoms with van der Waals surface area (Å²) < 4.78 is 49.6. The molecule has 35 heavy (non-hydrogen) atoms. The number of aliphatic hydroxyl groups is 1. The van der Waals surface area contributed by atoms with E-state index in [9.17, 15) is 28.4 Å². The topological polar surface area (TPSA) is 158 Å². The number of esters is 1. The molecule has 14 heteroatoms. The van der Waals surface area contributed by atoms with E-state index in [2.05, 4.69) is 5.09 Å². The Kier molecular flexibility index (Phi) is 8.62. The van der Waals surface area contributed by atoms with Gasteiger partial charge in [-0.2, -0.15) is 9.48 Å². The standard InChI is InChI=1S/C21H27FN3O9P/c1-12(2)32-20(28)13(3)24-35(30,34-14-7-5-4-6-8-14)31-11-17-16(26)9-18(33-17)25-10-15(22)19(27)23-21(25)29/h4-8,10,12-13,16-18,26H,9,11H2,1-3H3,(H,24,30)(H,23,27,29)/t13-,16+,17?,18+,35?/m0/s1. The van der Waals surface area contributed by atoms with E-state index < -0.39 is 68.0 Å². The summed E-state index contributed by atoms with van der Waals surface area (Å²) in [5, 5.41) is 12.9. The molecule has 1 aromatic heterocycles. The first kappa shape index (κ1) is 26.8. The Morgan fingerprint density at radius 2 is 2.00 bits per heavy atom. The Morgan fingerprint density at radius 3 is 2.66 bits per heavy atom. The molecule has 0 aliphatic carbocycles. The maximum absolute atomic E-state index is 13.6. The highest BCUT2D eigenvalue weighted by molar-refractivity contribution is 7.52. The van der Waals surface area contributed by atoms with Gasteiger partial charge in [0, 0.05) is 6.42 Å². The van der Waals surface area contributed by atoms with Gasteiger partial charge >= 0.3 is 19.4 Å². The molecule has 1 fully saturated rings. The first-order chi connectivity index (χ1) is 16.5. The summed E-state index contributed by atoms with van der Waals surface area (Å²) in [5.74, 6) is -1.69. The number of H-pyrrole nitrogens is 1. The summed E-state index contributed by atoms with van der Waals surface area (Å²) in [6.45, 7) is 4.27. The second-order valence-electron chi connectivity index (χ2n) is 8.11. The van der Waals surface area contributed by atoms with Crippen LogP contribution in [0.2, 0.25) is 0 Å². The first-order valence-corrected chi connectivity index (χ1v) is 12.3. The van der Waals surface area contributed by atoms with Crippen LogP contribution in [0.3, 0.4) is 0 Å². The number of hydrogen-bond acceptors (Lipinski definition) is 9. The van der Waals surface area contributed by atoms with E-state index in [0.717, 1.165) is 4.57 Å². The van der Waals surface area contributed by atoms with Gasteiger partial charge in [0.25, 0.3) is 5.56 Å². The number of para-hydroxylation sites is 1. The zero-order valence-electron chi connectivity index (χ0n) is 19.3. The van der Waals surface area contributed by atoms with Crippen molar-refractivity contribution in [2.24, 2.45) is 0 Å². The summed E-state index contributed by atoms with van der Waals surface area (Å²) in [7, 11) is -4.21. The van der Waals surface area contributed by atoms with Crippen LogP contribution in [0, 0.1) is 5.82 Å². The molecule has 1 aliphatic heterocycles. The molecule has 0 spiro atoms. The van der Waals surface area contributed by atoms with Crippen LogP contribution in [0.5, 0.6) is 5.75 Å². The number of carbonyl (C=O) groups excluding carboxylic acids is 1. The second-order valence-corrected chi connectivity index (χ2v) is 9.80. The molecule has 0 radical (unpaired) electrons. The number of aromatic nitrogens is 2. The first-order valence-electron chi connectivity index (χ1n) is 10.8. The van der Waals surface area contributed by atoms with Gasteiger partial charge in [-0.15, -0.1) is 0 Å².